The Morgan fingerprint density at radius 3 is 2.38 bits per heavy atom. The van der Waals surface area contributed by atoms with Crippen LogP contribution >= 0.6 is 34.2 Å². The first-order chi connectivity index (χ1) is 11.0. The number of benzene rings is 1. The van der Waals surface area contributed by atoms with Gasteiger partial charge in [0.15, 0.2) is 0 Å². The van der Waals surface area contributed by atoms with Gasteiger partial charge in [-0.3, -0.25) is 4.79 Å². The minimum Gasteiger partial charge on any atom is -0.453 e. The second-order valence-corrected chi connectivity index (χ2v) is 9.52. The van der Waals surface area contributed by atoms with Gasteiger partial charge in [0.25, 0.3) is 0 Å². The largest absolute Gasteiger partial charge is 0.453 e. The first-order valence-corrected chi connectivity index (χ1v) is 9.03. The van der Waals surface area contributed by atoms with Crippen molar-refractivity contribution in [3.8, 4) is 0 Å². The van der Waals surface area contributed by atoms with Crippen LogP contribution in [0, 0.1) is 0 Å². The van der Waals surface area contributed by atoms with Crippen LogP contribution in [0.3, 0.4) is 0 Å². The first kappa shape index (κ1) is 19.8. The van der Waals surface area contributed by atoms with Crippen LogP contribution in [0.15, 0.2) is 18.2 Å². The number of carbonyl (C=O) groups excluding carboxylic acids is 1. The number of carbonyl (C=O) groups is 1. The molecule has 0 radical (unpaired) electrons. The molecule has 1 saturated heterocycles. The van der Waals surface area contributed by atoms with Crippen LogP contribution in [-0.4, -0.2) is 22.5 Å². The van der Waals surface area contributed by atoms with E-state index in [9.17, 15) is 18.0 Å². The van der Waals surface area contributed by atoms with E-state index in [1.54, 1.807) is 13.8 Å². The van der Waals surface area contributed by atoms with Crippen molar-refractivity contribution in [1.82, 2.24) is 0 Å². The molecular weight excluding hydrogens is 458 g/mol. The summed E-state index contributed by atoms with van der Waals surface area (Å²) in [5, 5.41) is 1.70. The number of alkyl halides is 4. The van der Waals surface area contributed by atoms with E-state index >= 15 is 0 Å². The fourth-order valence-corrected chi connectivity index (χ4v) is 3.05. The van der Waals surface area contributed by atoms with Crippen LogP contribution in [0.2, 0.25) is 5.02 Å². The monoisotopic (exact) mass is 476 g/mol. The Hall–Kier alpha value is -0.540. The van der Waals surface area contributed by atoms with E-state index in [0.717, 1.165) is 6.07 Å². The molecule has 1 aliphatic rings. The van der Waals surface area contributed by atoms with Gasteiger partial charge in [0, 0.05) is 12.8 Å². The molecule has 8 heteroatoms. The Morgan fingerprint density at radius 2 is 1.88 bits per heavy atom. The highest BCUT2D eigenvalue weighted by atomic mass is 127. The number of hydrogen-bond acceptors (Lipinski definition) is 2. The molecule has 0 unspecified atom stereocenters. The number of ether oxygens (including phenoxy) is 1. The smallest absolute Gasteiger partial charge is 0.417 e. The zero-order valence-corrected chi connectivity index (χ0v) is 16.3. The molecule has 24 heavy (non-hydrogen) atoms. The topological polar surface area (TPSA) is 42.9 Å². The molecule has 3 nitrogen and oxygen atoms in total. The molecule has 0 atom stereocenters. The highest BCUT2D eigenvalue weighted by Gasteiger charge is 2.44. The summed E-state index contributed by atoms with van der Waals surface area (Å²) in [6.07, 6.45) is -3.63. The molecule has 0 aromatic heterocycles. The van der Waals surface area contributed by atoms with Crippen molar-refractivity contribution < 1.29 is 28.0 Å². The van der Waals surface area contributed by atoms with Crippen LogP contribution in [0.5, 0.6) is 0 Å². The summed E-state index contributed by atoms with van der Waals surface area (Å²) in [4.78, 5) is 12.4. The average Bonchev–Trinajstić information content (AvgIpc) is 2.46. The summed E-state index contributed by atoms with van der Waals surface area (Å²) in [5.74, 6) is -0.437. The molecule has 0 bridgehead atoms. The standard InChI is InChI=1S/C16H18ClF3INO2/c1-14(2,21)13(23)24-15(5-7-22-8-6-15)10-3-4-12(17)11(9-10)16(18,19)20/h3-4,9,22H,5-8H2,1-2H3/p+1. The Bertz CT molecular complexity index is 623. The molecule has 1 aliphatic heterocycles. The Balaban J connectivity index is 2.47. The zero-order valence-electron chi connectivity index (χ0n) is 13.3. The quantitative estimate of drug-likeness (QED) is 0.411. The molecule has 1 fully saturated rings. The summed E-state index contributed by atoms with van der Waals surface area (Å²) in [6.45, 7) is 4.78. The van der Waals surface area contributed by atoms with Crippen LogP contribution < -0.4 is 5.32 Å². The number of piperidine rings is 1. The number of quaternary nitrogens is 1. The van der Waals surface area contributed by atoms with Crippen LogP contribution in [0.25, 0.3) is 0 Å². The molecule has 0 amide bonds. The molecule has 2 N–H and O–H groups in total. The van der Waals surface area contributed by atoms with E-state index in [4.69, 9.17) is 16.3 Å². The summed E-state index contributed by atoms with van der Waals surface area (Å²) < 4.78 is 44.5. The van der Waals surface area contributed by atoms with Crippen molar-refractivity contribution in [3.05, 3.63) is 34.3 Å². The van der Waals surface area contributed by atoms with Crippen molar-refractivity contribution in [3.63, 3.8) is 0 Å². The van der Waals surface area contributed by atoms with Crippen molar-refractivity contribution in [1.29, 1.82) is 0 Å². The Morgan fingerprint density at radius 1 is 1.29 bits per heavy atom. The number of hydrogen-bond donors (Lipinski definition) is 1. The highest BCUT2D eigenvalue weighted by molar-refractivity contribution is 14.1. The Labute approximate surface area is 157 Å². The van der Waals surface area contributed by atoms with E-state index in [2.05, 4.69) is 5.32 Å². The van der Waals surface area contributed by atoms with Gasteiger partial charge in [0.2, 0.25) is 0 Å². The SMILES string of the molecule is CC(C)(I)C(=O)OC1(c2ccc(Cl)c(C(F)(F)F)c2)CC[NH2+]CC1. The zero-order chi connectivity index (χ0) is 18.2. The average molecular weight is 477 g/mol. The van der Waals surface area contributed by atoms with Gasteiger partial charge in [-0.2, -0.15) is 13.2 Å². The predicted molar refractivity (Wildman–Crippen MR) is 93.2 cm³/mol. The summed E-state index contributed by atoms with van der Waals surface area (Å²) in [6, 6.07) is 3.76. The van der Waals surface area contributed by atoms with Gasteiger partial charge in [-0.05, 0) is 31.5 Å². The lowest BCUT2D eigenvalue weighted by Gasteiger charge is -2.37. The molecule has 0 aliphatic carbocycles. The van der Waals surface area contributed by atoms with Gasteiger partial charge in [0.05, 0.1) is 23.7 Å². The number of halogens is 5. The van der Waals surface area contributed by atoms with Crippen molar-refractivity contribution in [2.45, 2.75) is 41.9 Å². The lowest BCUT2D eigenvalue weighted by molar-refractivity contribution is -0.668. The maximum atomic E-state index is 13.2. The molecule has 0 saturated carbocycles. The number of rotatable bonds is 3. The number of nitrogens with two attached hydrogens (primary N) is 1. The third-order valence-corrected chi connectivity index (χ3v) is 4.85. The molecular formula is C16H19ClF3INO2+. The normalized spacial score (nSPS) is 18.3. The van der Waals surface area contributed by atoms with E-state index in [1.807, 2.05) is 22.6 Å². The molecule has 1 heterocycles. The minimum absolute atomic E-state index is 0.348. The highest BCUT2D eigenvalue weighted by Crippen LogP contribution is 2.41. The van der Waals surface area contributed by atoms with Crippen LogP contribution in [0.4, 0.5) is 13.2 Å². The summed E-state index contributed by atoms with van der Waals surface area (Å²) in [7, 11) is 0. The Kier molecular flexibility index (Phi) is 5.76. The fourth-order valence-electron chi connectivity index (χ4n) is 2.71. The van der Waals surface area contributed by atoms with Gasteiger partial charge in [-0.25, -0.2) is 0 Å². The van der Waals surface area contributed by atoms with Crippen LogP contribution in [-0.2, 0) is 21.3 Å². The van der Waals surface area contributed by atoms with Crippen LogP contribution in [0.1, 0.15) is 37.8 Å². The fraction of sp³-hybridized carbons (Fsp3) is 0.562. The maximum Gasteiger partial charge on any atom is 0.417 e. The summed E-state index contributed by atoms with van der Waals surface area (Å²) in [5.41, 5.74) is -1.60. The number of esters is 1. The van der Waals surface area contributed by atoms with Gasteiger partial charge in [0.1, 0.15) is 9.02 Å². The molecule has 134 valence electrons. The van der Waals surface area contributed by atoms with E-state index in [0.29, 0.717) is 31.5 Å². The lowest BCUT2D eigenvalue weighted by atomic mass is 9.83. The van der Waals surface area contributed by atoms with Crippen molar-refractivity contribution in [2.24, 2.45) is 0 Å². The van der Waals surface area contributed by atoms with E-state index in [-0.39, 0.29) is 5.02 Å². The van der Waals surface area contributed by atoms with Crippen molar-refractivity contribution in [2.75, 3.05) is 13.1 Å². The molecule has 0 spiro atoms. The van der Waals surface area contributed by atoms with Crippen molar-refractivity contribution >= 4 is 40.2 Å². The summed E-state index contributed by atoms with van der Waals surface area (Å²) >= 11 is 7.67. The molecule has 1 aromatic rings. The van der Waals surface area contributed by atoms with Gasteiger partial charge >= 0.3 is 12.1 Å². The third kappa shape index (κ3) is 4.35. The minimum atomic E-state index is -4.55. The predicted octanol–water partition coefficient (Wildman–Crippen LogP) is 3.67. The van der Waals surface area contributed by atoms with Gasteiger partial charge < -0.3 is 10.1 Å². The maximum absolute atomic E-state index is 13.2. The molecule has 1 aromatic carbocycles. The van der Waals surface area contributed by atoms with Gasteiger partial charge in [-0.1, -0.05) is 40.3 Å². The van der Waals surface area contributed by atoms with Gasteiger partial charge in [-0.15, -0.1) is 0 Å². The third-order valence-electron chi connectivity index (χ3n) is 4.08. The lowest BCUT2D eigenvalue weighted by Crippen LogP contribution is -2.87. The van der Waals surface area contributed by atoms with E-state index in [1.165, 1.54) is 12.1 Å². The second-order valence-electron chi connectivity index (χ2n) is 6.41. The second kappa shape index (κ2) is 6.99. The van der Waals surface area contributed by atoms with E-state index < -0.39 is 26.7 Å². The first-order valence-electron chi connectivity index (χ1n) is 7.57. The molecule has 2 rings (SSSR count).